The number of rotatable bonds is 1. The maximum absolute atomic E-state index is 12.5. The molecule has 20 heavy (non-hydrogen) atoms. The van der Waals surface area contributed by atoms with E-state index in [0.717, 1.165) is 11.4 Å². The summed E-state index contributed by atoms with van der Waals surface area (Å²) in [7, 11) is 0. The summed E-state index contributed by atoms with van der Waals surface area (Å²) in [5, 5.41) is 0.490. The molecule has 0 saturated carbocycles. The molecule has 3 aromatic rings. The summed E-state index contributed by atoms with van der Waals surface area (Å²) in [6.45, 7) is 3.68. The van der Waals surface area contributed by atoms with Gasteiger partial charge in [0.15, 0.2) is 0 Å². The Morgan fingerprint density at radius 2 is 1.70 bits per heavy atom. The first-order valence-electron chi connectivity index (χ1n) is 6.16. The molecule has 0 radical (unpaired) electrons. The number of hydrogen-bond donors (Lipinski definition) is 1. The molecule has 100 valence electrons. The third-order valence-electron chi connectivity index (χ3n) is 2.97. The molecule has 0 bridgehead atoms. The number of nitrogens with two attached hydrogens (primary N) is 1. The maximum atomic E-state index is 12.5. The van der Waals surface area contributed by atoms with E-state index in [1.807, 2.05) is 26.0 Å². The predicted octanol–water partition coefficient (Wildman–Crippen LogP) is 1.37. The predicted molar refractivity (Wildman–Crippen MR) is 76.8 cm³/mol. The van der Waals surface area contributed by atoms with Crippen LogP contribution in [0.3, 0.4) is 0 Å². The molecular formula is C14H13N5O. The molecule has 2 N–H and O–H groups in total. The third kappa shape index (κ3) is 1.91. The molecule has 0 amide bonds. The minimum absolute atomic E-state index is 0.0821. The number of nitrogens with zero attached hydrogens (tertiary/aromatic N) is 4. The van der Waals surface area contributed by atoms with Crippen molar-refractivity contribution in [1.29, 1.82) is 0 Å². The normalized spacial score (nSPS) is 10.9. The number of fused-ring (bicyclic) bond motifs is 1. The van der Waals surface area contributed by atoms with Crippen molar-refractivity contribution in [1.82, 2.24) is 19.5 Å². The Morgan fingerprint density at radius 1 is 1.05 bits per heavy atom. The lowest BCUT2D eigenvalue weighted by atomic mass is 10.2. The van der Waals surface area contributed by atoms with Gasteiger partial charge in [0, 0.05) is 11.4 Å². The van der Waals surface area contributed by atoms with Crippen LogP contribution in [0.15, 0.2) is 35.1 Å². The zero-order valence-electron chi connectivity index (χ0n) is 11.2. The second-order valence-electron chi connectivity index (χ2n) is 4.58. The number of nitrogen functional groups attached to an aromatic ring is 1. The lowest BCUT2D eigenvalue weighted by Gasteiger charge is -2.09. The van der Waals surface area contributed by atoms with Crippen LogP contribution in [0.4, 0.5) is 5.95 Å². The lowest BCUT2D eigenvalue weighted by Crippen LogP contribution is -2.25. The van der Waals surface area contributed by atoms with Crippen molar-refractivity contribution >= 4 is 16.9 Å². The largest absolute Gasteiger partial charge is 0.369 e. The molecule has 0 spiro atoms. The average Bonchev–Trinajstić information content (AvgIpc) is 2.37. The summed E-state index contributed by atoms with van der Waals surface area (Å²) in [4.78, 5) is 25.3. The van der Waals surface area contributed by atoms with Gasteiger partial charge in [0.1, 0.15) is 0 Å². The molecule has 2 heterocycles. The fourth-order valence-electron chi connectivity index (χ4n) is 2.15. The fraction of sp³-hybridized carbons (Fsp3) is 0.143. The Hall–Kier alpha value is -2.76. The molecule has 3 rings (SSSR count). The second-order valence-corrected chi connectivity index (χ2v) is 4.58. The van der Waals surface area contributed by atoms with Gasteiger partial charge in [-0.15, -0.1) is 0 Å². The smallest absolute Gasteiger partial charge is 0.269 e. The van der Waals surface area contributed by atoms with Gasteiger partial charge in [-0.3, -0.25) is 4.79 Å². The maximum Gasteiger partial charge on any atom is 0.269 e. The molecule has 0 atom stereocenters. The van der Waals surface area contributed by atoms with Gasteiger partial charge < -0.3 is 5.73 Å². The minimum Gasteiger partial charge on any atom is -0.369 e. The van der Waals surface area contributed by atoms with Crippen molar-refractivity contribution in [2.45, 2.75) is 13.8 Å². The van der Waals surface area contributed by atoms with Crippen LogP contribution < -0.4 is 11.3 Å². The van der Waals surface area contributed by atoms with E-state index in [4.69, 9.17) is 5.73 Å². The first kappa shape index (κ1) is 12.3. The van der Waals surface area contributed by atoms with Gasteiger partial charge in [-0.25, -0.2) is 19.5 Å². The third-order valence-corrected chi connectivity index (χ3v) is 2.97. The second kappa shape index (κ2) is 4.41. The van der Waals surface area contributed by atoms with E-state index in [1.165, 1.54) is 4.57 Å². The number of benzene rings is 1. The number of aromatic nitrogens is 4. The number of hydrogen-bond acceptors (Lipinski definition) is 5. The van der Waals surface area contributed by atoms with E-state index in [0.29, 0.717) is 10.9 Å². The highest BCUT2D eigenvalue weighted by Crippen LogP contribution is 2.12. The van der Waals surface area contributed by atoms with Crippen LogP contribution in [0.5, 0.6) is 0 Å². The Bertz CT molecular complexity index is 849. The first-order valence-corrected chi connectivity index (χ1v) is 6.16. The highest BCUT2D eigenvalue weighted by molar-refractivity contribution is 5.78. The van der Waals surface area contributed by atoms with Crippen LogP contribution in [0.25, 0.3) is 16.9 Å². The van der Waals surface area contributed by atoms with Gasteiger partial charge in [-0.1, -0.05) is 12.1 Å². The topological polar surface area (TPSA) is 86.7 Å². The minimum atomic E-state index is -0.266. The van der Waals surface area contributed by atoms with Crippen molar-refractivity contribution in [3.8, 4) is 5.95 Å². The van der Waals surface area contributed by atoms with E-state index >= 15 is 0 Å². The molecule has 6 nitrogen and oxygen atoms in total. The van der Waals surface area contributed by atoms with E-state index in [9.17, 15) is 4.79 Å². The van der Waals surface area contributed by atoms with Crippen LogP contribution in [-0.2, 0) is 0 Å². The molecule has 0 fully saturated rings. The summed E-state index contributed by atoms with van der Waals surface area (Å²) in [5.41, 5.74) is 7.73. The molecule has 0 aliphatic heterocycles. The van der Waals surface area contributed by atoms with Gasteiger partial charge in [0.05, 0.1) is 10.9 Å². The van der Waals surface area contributed by atoms with Crippen molar-refractivity contribution in [2.75, 3.05) is 5.73 Å². The number of aryl methyl sites for hydroxylation is 2. The van der Waals surface area contributed by atoms with Crippen molar-refractivity contribution in [3.05, 3.63) is 52.1 Å². The van der Waals surface area contributed by atoms with Crippen LogP contribution >= 0.6 is 0 Å². The lowest BCUT2D eigenvalue weighted by molar-refractivity contribution is 0.862. The highest BCUT2D eigenvalue weighted by Gasteiger charge is 2.12. The van der Waals surface area contributed by atoms with E-state index in [-0.39, 0.29) is 17.5 Å². The monoisotopic (exact) mass is 267 g/mol. The standard InChI is InChI=1S/C14H13N5O/c1-8-7-9(2)17-14(16-8)19-12(20)10-5-3-4-6-11(10)18-13(19)15/h3-7H,1-2H3,(H2,15,18). The molecular weight excluding hydrogens is 254 g/mol. The average molecular weight is 267 g/mol. The Kier molecular flexibility index (Phi) is 2.71. The molecule has 0 aliphatic carbocycles. The molecule has 0 saturated heterocycles. The molecule has 1 aromatic carbocycles. The van der Waals surface area contributed by atoms with Gasteiger partial charge in [0.2, 0.25) is 11.9 Å². The fourth-order valence-corrected chi connectivity index (χ4v) is 2.15. The molecule has 0 unspecified atom stereocenters. The molecule has 0 aliphatic rings. The highest BCUT2D eigenvalue weighted by atomic mass is 16.1. The molecule has 6 heteroatoms. The van der Waals surface area contributed by atoms with Crippen LogP contribution in [0, 0.1) is 13.8 Å². The summed E-state index contributed by atoms with van der Waals surface area (Å²) in [6, 6.07) is 8.89. The summed E-state index contributed by atoms with van der Waals surface area (Å²) < 4.78 is 1.24. The molecule has 2 aromatic heterocycles. The summed E-state index contributed by atoms with van der Waals surface area (Å²) >= 11 is 0. The first-order chi connectivity index (χ1) is 9.56. The summed E-state index contributed by atoms with van der Waals surface area (Å²) in [6.07, 6.45) is 0. The van der Waals surface area contributed by atoms with Gasteiger partial charge in [-0.05, 0) is 32.0 Å². The zero-order valence-corrected chi connectivity index (χ0v) is 11.2. The van der Waals surface area contributed by atoms with E-state index in [2.05, 4.69) is 15.0 Å². The van der Waals surface area contributed by atoms with Gasteiger partial charge in [0.25, 0.3) is 5.56 Å². The Labute approximate surface area is 114 Å². The van der Waals surface area contributed by atoms with Crippen molar-refractivity contribution < 1.29 is 0 Å². The van der Waals surface area contributed by atoms with Crippen LogP contribution in [0.2, 0.25) is 0 Å². The number of para-hydroxylation sites is 1. The Morgan fingerprint density at radius 3 is 2.40 bits per heavy atom. The van der Waals surface area contributed by atoms with Crippen LogP contribution in [-0.4, -0.2) is 19.5 Å². The van der Waals surface area contributed by atoms with Gasteiger partial charge >= 0.3 is 0 Å². The zero-order chi connectivity index (χ0) is 14.3. The van der Waals surface area contributed by atoms with Crippen molar-refractivity contribution in [2.24, 2.45) is 0 Å². The Balaban J connectivity index is 2.39. The van der Waals surface area contributed by atoms with Gasteiger partial charge in [-0.2, -0.15) is 0 Å². The SMILES string of the molecule is Cc1cc(C)nc(-n2c(N)nc3ccccc3c2=O)n1. The van der Waals surface area contributed by atoms with E-state index < -0.39 is 0 Å². The van der Waals surface area contributed by atoms with Crippen molar-refractivity contribution in [3.63, 3.8) is 0 Å². The summed E-state index contributed by atoms with van der Waals surface area (Å²) in [5.74, 6) is 0.335. The number of anilines is 1. The quantitative estimate of drug-likeness (QED) is 0.719. The van der Waals surface area contributed by atoms with E-state index in [1.54, 1.807) is 18.2 Å². The van der Waals surface area contributed by atoms with Crippen LogP contribution in [0.1, 0.15) is 11.4 Å².